The van der Waals surface area contributed by atoms with Crippen molar-refractivity contribution in [3.05, 3.63) is 91.4 Å². The number of halogens is 4. The first kappa shape index (κ1) is 22.0. The average molecular weight is 494 g/mol. The fourth-order valence-corrected chi connectivity index (χ4v) is 5.30. The van der Waals surface area contributed by atoms with E-state index in [4.69, 9.17) is 46.4 Å². The highest BCUT2D eigenvalue weighted by Gasteiger charge is 2.52. The van der Waals surface area contributed by atoms with Crippen LogP contribution in [0.15, 0.2) is 54.6 Å². The Morgan fingerprint density at radius 2 is 1.41 bits per heavy atom. The maximum absolute atomic E-state index is 12.9. The topological polar surface area (TPSA) is 94.8 Å². The maximum atomic E-state index is 12.9. The molecule has 29 heavy (non-hydrogen) atoms. The van der Waals surface area contributed by atoms with Crippen molar-refractivity contribution in [3.63, 3.8) is 0 Å². The normalized spacial score (nSPS) is 13.8. The smallest absolute Gasteiger partial charge is 0.283 e. The van der Waals surface area contributed by atoms with E-state index >= 15 is 0 Å². The first-order valence-electron chi connectivity index (χ1n) is 7.89. The Balaban J connectivity index is 2.63. The molecule has 1 atom stereocenters. The predicted octanol–water partition coefficient (Wildman–Crippen LogP) is 5.89. The second-order valence-corrected chi connectivity index (χ2v) is 9.31. The summed E-state index contributed by atoms with van der Waals surface area (Å²) in [6.45, 7) is 0. The molecule has 0 radical (unpaired) electrons. The van der Waals surface area contributed by atoms with Gasteiger partial charge in [0.1, 0.15) is 11.5 Å². The Bertz CT molecular complexity index is 1210. The van der Waals surface area contributed by atoms with Crippen LogP contribution in [0.1, 0.15) is 16.7 Å². The molecule has 10 heteroatoms. The predicted molar refractivity (Wildman–Crippen MR) is 114 cm³/mol. The summed E-state index contributed by atoms with van der Waals surface area (Å²) in [6, 6.07) is 11.6. The lowest BCUT2D eigenvalue weighted by atomic mass is 9.83. The molecule has 5 nitrogen and oxygen atoms in total. The fourth-order valence-electron chi connectivity index (χ4n) is 3.20. The molecular formula is C19H12Cl4O5S. The van der Waals surface area contributed by atoms with Crippen LogP contribution < -0.4 is 0 Å². The summed E-state index contributed by atoms with van der Waals surface area (Å²) in [5, 5.41) is 21.0. The first-order valence-corrected chi connectivity index (χ1v) is 10.8. The molecule has 152 valence electrons. The zero-order chi connectivity index (χ0) is 21.6. The summed E-state index contributed by atoms with van der Waals surface area (Å²) in [5.74, 6) is -1.12. The van der Waals surface area contributed by atoms with E-state index in [9.17, 15) is 23.2 Å². The van der Waals surface area contributed by atoms with Gasteiger partial charge in [0.05, 0.1) is 15.1 Å². The van der Waals surface area contributed by atoms with Crippen LogP contribution in [0, 0.1) is 0 Å². The molecule has 0 aromatic heterocycles. The van der Waals surface area contributed by atoms with Crippen molar-refractivity contribution in [2.75, 3.05) is 0 Å². The van der Waals surface area contributed by atoms with E-state index in [0.717, 1.165) is 6.07 Å². The van der Waals surface area contributed by atoms with Crippen molar-refractivity contribution in [2.45, 2.75) is 4.75 Å². The van der Waals surface area contributed by atoms with Crippen LogP contribution in [0.3, 0.4) is 0 Å². The number of benzene rings is 3. The lowest BCUT2D eigenvalue weighted by Gasteiger charge is -2.33. The van der Waals surface area contributed by atoms with Crippen LogP contribution in [-0.4, -0.2) is 23.2 Å². The zero-order valence-corrected chi connectivity index (χ0v) is 18.1. The number of aromatic hydroxyl groups is 2. The summed E-state index contributed by atoms with van der Waals surface area (Å²) < 4.78 is 33.8. The molecule has 0 bridgehead atoms. The van der Waals surface area contributed by atoms with Gasteiger partial charge < -0.3 is 10.2 Å². The van der Waals surface area contributed by atoms with E-state index in [2.05, 4.69) is 0 Å². The second-order valence-electron chi connectivity index (χ2n) is 6.09. The lowest BCUT2D eigenvalue weighted by molar-refractivity contribution is 0.428. The molecule has 3 N–H and O–H groups in total. The van der Waals surface area contributed by atoms with E-state index in [1.807, 2.05) is 0 Å². The summed E-state index contributed by atoms with van der Waals surface area (Å²) in [7, 11) is -5.13. The quantitative estimate of drug-likeness (QED) is 0.311. The highest BCUT2D eigenvalue weighted by Crippen LogP contribution is 2.52. The van der Waals surface area contributed by atoms with Crippen LogP contribution in [0.2, 0.25) is 20.1 Å². The summed E-state index contributed by atoms with van der Waals surface area (Å²) in [5.41, 5.74) is -0.739. The van der Waals surface area contributed by atoms with Gasteiger partial charge in [0.25, 0.3) is 10.1 Å². The Morgan fingerprint density at radius 3 is 2.00 bits per heavy atom. The summed E-state index contributed by atoms with van der Waals surface area (Å²) in [4.78, 5) is 0. The molecule has 3 aromatic carbocycles. The lowest BCUT2D eigenvalue weighted by Crippen LogP contribution is -2.38. The third-order valence-corrected chi connectivity index (χ3v) is 7.10. The molecule has 3 aromatic rings. The van der Waals surface area contributed by atoms with Crippen molar-refractivity contribution < 1.29 is 23.2 Å². The first-order chi connectivity index (χ1) is 13.5. The van der Waals surface area contributed by atoms with Gasteiger partial charge in [0.2, 0.25) is 0 Å². The minimum Gasteiger partial charge on any atom is -0.508 e. The number of hydrogen-bond donors (Lipinski definition) is 3. The Kier molecular flexibility index (Phi) is 5.98. The summed E-state index contributed by atoms with van der Waals surface area (Å²) >= 11 is 24.2. The van der Waals surface area contributed by atoms with E-state index in [1.165, 1.54) is 48.5 Å². The number of hydrogen-bond acceptors (Lipinski definition) is 4. The van der Waals surface area contributed by atoms with Gasteiger partial charge in [0, 0.05) is 16.1 Å². The highest BCUT2D eigenvalue weighted by atomic mass is 35.5. The van der Waals surface area contributed by atoms with Crippen molar-refractivity contribution in [1.82, 2.24) is 0 Å². The second kappa shape index (κ2) is 7.87. The van der Waals surface area contributed by atoms with Crippen LogP contribution in [0.25, 0.3) is 0 Å². The standard InChI is InChI=1S/C19H12Cl4O5S/c20-11-8-13(18(25)16(23)9-11)19(29(26,27)28,12-3-1-2-4-17(12)24)10-5-6-14(21)15(22)7-10/h1-9,24-25H,(H,26,27,28). The maximum Gasteiger partial charge on any atom is 0.283 e. The van der Waals surface area contributed by atoms with Crippen molar-refractivity contribution >= 4 is 56.5 Å². The van der Waals surface area contributed by atoms with Gasteiger partial charge in [-0.15, -0.1) is 0 Å². The van der Waals surface area contributed by atoms with Crippen LogP contribution in [-0.2, 0) is 14.9 Å². The fraction of sp³-hybridized carbons (Fsp3) is 0.0526. The molecule has 0 aliphatic carbocycles. The number of para-hydroxylation sites is 1. The van der Waals surface area contributed by atoms with Gasteiger partial charge >= 0.3 is 0 Å². The molecular weight excluding hydrogens is 482 g/mol. The van der Waals surface area contributed by atoms with Gasteiger partial charge in [-0.2, -0.15) is 8.42 Å². The number of rotatable bonds is 4. The monoisotopic (exact) mass is 492 g/mol. The third-order valence-electron chi connectivity index (χ3n) is 4.40. The SMILES string of the molecule is O=S(=O)(O)C(c1ccc(Cl)c(Cl)c1)(c1ccccc1O)c1cc(Cl)cc(Cl)c1O. The highest BCUT2D eigenvalue weighted by molar-refractivity contribution is 7.87. The molecule has 1 unspecified atom stereocenters. The molecule has 0 amide bonds. The zero-order valence-electron chi connectivity index (χ0n) is 14.3. The van der Waals surface area contributed by atoms with Crippen molar-refractivity contribution in [2.24, 2.45) is 0 Å². The van der Waals surface area contributed by atoms with Gasteiger partial charge in [-0.1, -0.05) is 70.7 Å². The van der Waals surface area contributed by atoms with Gasteiger partial charge in [-0.05, 0) is 35.9 Å². The van der Waals surface area contributed by atoms with Crippen molar-refractivity contribution in [3.8, 4) is 11.5 Å². The van der Waals surface area contributed by atoms with E-state index in [0.29, 0.717) is 0 Å². The Labute approximate surface area is 186 Å². The van der Waals surface area contributed by atoms with Gasteiger partial charge in [-0.3, -0.25) is 4.55 Å². The van der Waals surface area contributed by atoms with E-state index < -0.39 is 26.4 Å². The molecule has 0 saturated carbocycles. The molecule has 0 saturated heterocycles. The minimum atomic E-state index is -5.13. The van der Waals surface area contributed by atoms with Gasteiger partial charge in [0.15, 0.2) is 4.75 Å². The van der Waals surface area contributed by atoms with E-state index in [-0.39, 0.29) is 36.8 Å². The molecule has 0 fully saturated rings. The third kappa shape index (κ3) is 3.65. The number of phenolic OH excluding ortho intramolecular Hbond substituents is 2. The van der Waals surface area contributed by atoms with Gasteiger partial charge in [-0.25, -0.2) is 0 Å². The van der Waals surface area contributed by atoms with Crippen LogP contribution in [0.5, 0.6) is 11.5 Å². The molecule has 3 rings (SSSR count). The van der Waals surface area contributed by atoms with E-state index in [1.54, 1.807) is 0 Å². The Hall–Kier alpha value is -1.67. The molecule has 0 aliphatic heterocycles. The molecule has 0 spiro atoms. The largest absolute Gasteiger partial charge is 0.508 e. The van der Waals surface area contributed by atoms with Crippen LogP contribution >= 0.6 is 46.4 Å². The molecule has 0 aliphatic rings. The molecule has 0 heterocycles. The number of phenols is 2. The average Bonchev–Trinajstić information content (AvgIpc) is 2.62. The van der Waals surface area contributed by atoms with Crippen LogP contribution in [0.4, 0.5) is 0 Å². The summed E-state index contributed by atoms with van der Waals surface area (Å²) in [6.07, 6.45) is 0. The van der Waals surface area contributed by atoms with Crippen molar-refractivity contribution in [1.29, 1.82) is 0 Å². The minimum absolute atomic E-state index is 0.00805. The Morgan fingerprint density at radius 1 is 0.759 bits per heavy atom.